The number of carbonyl (C=O) groups is 2. The summed E-state index contributed by atoms with van der Waals surface area (Å²) in [6.07, 6.45) is 0.258. The van der Waals surface area contributed by atoms with Crippen LogP contribution in [0.3, 0.4) is 0 Å². The van der Waals surface area contributed by atoms with Gasteiger partial charge < -0.3 is 4.74 Å². The van der Waals surface area contributed by atoms with Crippen molar-refractivity contribution in [3.8, 4) is 0 Å². The average molecular weight is 234 g/mol. The van der Waals surface area contributed by atoms with Crippen LogP contribution in [0.5, 0.6) is 0 Å². The van der Waals surface area contributed by atoms with E-state index in [-0.39, 0.29) is 18.1 Å². The third kappa shape index (κ3) is 4.81. The highest BCUT2D eigenvalue weighted by atomic mass is 16.5. The summed E-state index contributed by atoms with van der Waals surface area (Å²) in [7, 11) is 0. The minimum Gasteiger partial charge on any atom is -0.466 e. The average Bonchev–Trinajstić information content (AvgIpc) is 2.30. The van der Waals surface area contributed by atoms with Crippen LogP contribution in [0.1, 0.15) is 38.2 Å². The van der Waals surface area contributed by atoms with Crippen molar-refractivity contribution in [2.24, 2.45) is 0 Å². The van der Waals surface area contributed by atoms with E-state index in [0.29, 0.717) is 13.0 Å². The first-order valence-electron chi connectivity index (χ1n) is 5.85. The normalized spacial score (nSPS) is 11.9. The third-order valence-electron chi connectivity index (χ3n) is 2.55. The Morgan fingerprint density at radius 2 is 1.88 bits per heavy atom. The largest absolute Gasteiger partial charge is 0.466 e. The molecule has 0 saturated carbocycles. The van der Waals surface area contributed by atoms with Gasteiger partial charge in [0.25, 0.3) is 0 Å². The molecule has 1 aromatic rings. The molecule has 0 aliphatic rings. The topological polar surface area (TPSA) is 43.4 Å². The van der Waals surface area contributed by atoms with Crippen LogP contribution in [0.2, 0.25) is 0 Å². The highest BCUT2D eigenvalue weighted by Crippen LogP contribution is 2.19. The lowest BCUT2D eigenvalue weighted by Gasteiger charge is -2.10. The van der Waals surface area contributed by atoms with Crippen LogP contribution >= 0.6 is 0 Å². The van der Waals surface area contributed by atoms with E-state index in [1.165, 1.54) is 0 Å². The molecule has 0 N–H and O–H groups in total. The number of esters is 1. The van der Waals surface area contributed by atoms with Gasteiger partial charge in [-0.15, -0.1) is 0 Å². The number of hydrogen-bond acceptors (Lipinski definition) is 3. The molecule has 0 aromatic heterocycles. The smallest absolute Gasteiger partial charge is 0.313 e. The van der Waals surface area contributed by atoms with Crippen molar-refractivity contribution in [3.63, 3.8) is 0 Å². The quantitative estimate of drug-likeness (QED) is 0.561. The molecule has 0 radical (unpaired) electrons. The van der Waals surface area contributed by atoms with Gasteiger partial charge in [0.1, 0.15) is 12.2 Å². The molecule has 1 rings (SSSR count). The van der Waals surface area contributed by atoms with Crippen LogP contribution < -0.4 is 0 Å². The Morgan fingerprint density at radius 3 is 2.47 bits per heavy atom. The first-order valence-corrected chi connectivity index (χ1v) is 5.85. The second-order valence-corrected chi connectivity index (χ2v) is 4.04. The summed E-state index contributed by atoms with van der Waals surface area (Å²) in [5.41, 5.74) is 1.12. The van der Waals surface area contributed by atoms with Gasteiger partial charge in [0.15, 0.2) is 0 Å². The van der Waals surface area contributed by atoms with Gasteiger partial charge in [-0.05, 0) is 18.4 Å². The van der Waals surface area contributed by atoms with E-state index in [0.717, 1.165) is 5.56 Å². The Balaban J connectivity index is 2.44. The fourth-order valence-electron chi connectivity index (χ4n) is 1.69. The molecule has 0 amide bonds. The van der Waals surface area contributed by atoms with Crippen molar-refractivity contribution in [1.29, 1.82) is 0 Å². The number of ketones is 1. The van der Waals surface area contributed by atoms with E-state index in [4.69, 9.17) is 4.74 Å². The Labute approximate surface area is 102 Å². The molecule has 92 valence electrons. The number of hydrogen-bond donors (Lipinski definition) is 0. The predicted molar refractivity (Wildman–Crippen MR) is 65.7 cm³/mol. The van der Waals surface area contributed by atoms with Crippen molar-refractivity contribution < 1.29 is 14.3 Å². The monoisotopic (exact) mass is 234 g/mol. The Hall–Kier alpha value is -1.64. The second-order valence-electron chi connectivity index (χ2n) is 4.04. The summed E-state index contributed by atoms with van der Waals surface area (Å²) in [6, 6.07) is 9.81. The number of rotatable bonds is 6. The maximum Gasteiger partial charge on any atom is 0.313 e. The molecule has 0 spiro atoms. The molecule has 1 unspecified atom stereocenters. The molecule has 0 heterocycles. The van der Waals surface area contributed by atoms with E-state index in [2.05, 4.69) is 0 Å². The summed E-state index contributed by atoms with van der Waals surface area (Å²) in [6.45, 7) is 4.04. The van der Waals surface area contributed by atoms with E-state index >= 15 is 0 Å². The van der Waals surface area contributed by atoms with Crippen molar-refractivity contribution >= 4 is 11.8 Å². The molecule has 0 aliphatic carbocycles. The zero-order valence-electron chi connectivity index (χ0n) is 10.3. The van der Waals surface area contributed by atoms with Gasteiger partial charge in [-0.25, -0.2) is 0 Å². The fraction of sp³-hybridized carbons (Fsp3) is 0.429. The Kier molecular flexibility index (Phi) is 5.40. The van der Waals surface area contributed by atoms with Gasteiger partial charge in [0.2, 0.25) is 0 Å². The molecule has 0 aliphatic heterocycles. The third-order valence-corrected chi connectivity index (χ3v) is 2.55. The zero-order chi connectivity index (χ0) is 12.7. The van der Waals surface area contributed by atoms with Gasteiger partial charge in [-0.3, -0.25) is 9.59 Å². The van der Waals surface area contributed by atoms with Crippen molar-refractivity contribution in [2.45, 2.75) is 32.6 Å². The van der Waals surface area contributed by atoms with Gasteiger partial charge in [0, 0.05) is 6.42 Å². The van der Waals surface area contributed by atoms with Crippen LogP contribution in [0.15, 0.2) is 30.3 Å². The number of Topliss-reactive ketones (excluding diaryl/α,β-unsaturated/α-hetero) is 1. The standard InChI is InChI=1S/C14H18O3/c1-3-17-14(16)10-13(15)9-11(2)12-7-5-4-6-8-12/h4-8,11H,3,9-10H2,1-2H3. The van der Waals surface area contributed by atoms with Crippen LogP contribution in [-0.4, -0.2) is 18.4 Å². The lowest BCUT2D eigenvalue weighted by Crippen LogP contribution is -2.13. The summed E-state index contributed by atoms with van der Waals surface area (Å²) in [4.78, 5) is 22.7. The number of benzene rings is 1. The van der Waals surface area contributed by atoms with Gasteiger partial charge in [0.05, 0.1) is 6.61 Å². The molecule has 1 aromatic carbocycles. The summed E-state index contributed by atoms with van der Waals surface area (Å²) < 4.78 is 4.74. The van der Waals surface area contributed by atoms with E-state index in [1.54, 1.807) is 6.92 Å². The summed E-state index contributed by atoms with van der Waals surface area (Å²) >= 11 is 0. The molecule has 1 atom stereocenters. The minimum absolute atomic E-state index is 0.0696. The Morgan fingerprint density at radius 1 is 1.24 bits per heavy atom. The summed E-state index contributed by atoms with van der Waals surface area (Å²) in [5.74, 6) is -0.365. The maximum absolute atomic E-state index is 11.6. The highest BCUT2D eigenvalue weighted by molar-refractivity contribution is 5.95. The lowest BCUT2D eigenvalue weighted by molar-refractivity contribution is -0.145. The first-order chi connectivity index (χ1) is 8.13. The van der Waals surface area contributed by atoms with Gasteiger partial charge in [-0.2, -0.15) is 0 Å². The SMILES string of the molecule is CCOC(=O)CC(=O)CC(C)c1ccccc1. The second kappa shape index (κ2) is 6.84. The molecule has 3 nitrogen and oxygen atoms in total. The first kappa shape index (κ1) is 13.4. The van der Waals surface area contributed by atoms with E-state index in [1.807, 2.05) is 37.3 Å². The lowest BCUT2D eigenvalue weighted by atomic mass is 9.95. The van der Waals surface area contributed by atoms with Crippen LogP contribution in [0.25, 0.3) is 0 Å². The molecular formula is C14H18O3. The predicted octanol–water partition coefficient (Wildman–Crippen LogP) is 2.70. The molecule has 17 heavy (non-hydrogen) atoms. The van der Waals surface area contributed by atoms with E-state index in [9.17, 15) is 9.59 Å². The Bertz CT molecular complexity index is 370. The van der Waals surface area contributed by atoms with Gasteiger partial charge >= 0.3 is 5.97 Å². The van der Waals surface area contributed by atoms with Crippen molar-refractivity contribution in [1.82, 2.24) is 0 Å². The van der Waals surface area contributed by atoms with Crippen LogP contribution in [-0.2, 0) is 14.3 Å². The van der Waals surface area contributed by atoms with Gasteiger partial charge in [-0.1, -0.05) is 37.3 Å². The zero-order valence-corrected chi connectivity index (χ0v) is 10.3. The molecule has 0 saturated heterocycles. The van der Waals surface area contributed by atoms with Crippen molar-refractivity contribution in [2.75, 3.05) is 6.61 Å². The van der Waals surface area contributed by atoms with Crippen LogP contribution in [0, 0.1) is 0 Å². The molecule has 0 bridgehead atoms. The number of ether oxygens (including phenoxy) is 1. The fourth-order valence-corrected chi connectivity index (χ4v) is 1.69. The maximum atomic E-state index is 11.6. The minimum atomic E-state index is -0.433. The number of carbonyl (C=O) groups excluding carboxylic acids is 2. The summed E-state index contributed by atoms with van der Waals surface area (Å²) in [5, 5.41) is 0. The van der Waals surface area contributed by atoms with E-state index < -0.39 is 5.97 Å². The van der Waals surface area contributed by atoms with Crippen molar-refractivity contribution in [3.05, 3.63) is 35.9 Å². The molecule has 3 heteroatoms. The highest BCUT2D eigenvalue weighted by Gasteiger charge is 2.14. The molecule has 0 fully saturated rings. The van der Waals surface area contributed by atoms with Crippen LogP contribution in [0.4, 0.5) is 0 Å². The molecular weight excluding hydrogens is 216 g/mol.